The van der Waals surface area contributed by atoms with Gasteiger partial charge in [-0.3, -0.25) is 0 Å². The van der Waals surface area contributed by atoms with Gasteiger partial charge in [-0.2, -0.15) is 0 Å². The van der Waals surface area contributed by atoms with Crippen LogP contribution >= 0.6 is 0 Å². The van der Waals surface area contributed by atoms with Crippen molar-refractivity contribution in [1.29, 1.82) is 0 Å². The lowest BCUT2D eigenvalue weighted by Crippen LogP contribution is -2.27. The smallest absolute Gasteiger partial charge is 0.131 e. The molecule has 0 aromatic carbocycles. The molecule has 0 saturated carbocycles. The van der Waals surface area contributed by atoms with Gasteiger partial charge in [-0.1, -0.05) is 6.07 Å². The summed E-state index contributed by atoms with van der Waals surface area (Å²) in [4.78, 5) is 6.63. The first kappa shape index (κ1) is 8.51. The van der Waals surface area contributed by atoms with E-state index >= 15 is 0 Å². The molecule has 1 aromatic rings. The van der Waals surface area contributed by atoms with Crippen molar-refractivity contribution in [2.75, 3.05) is 18.0 Å². The van der Waals surface area contributed by atoms with Gasteiger partial charge in [-0.05, 0) is 25.0 Å². The van der Waals surface area contributed by atoms with Gasteiger partial charge in [0.25, 0.3) is 0 Å². The Morgan fingerprint density at radius 3 is 3.08 bits per heavy atom. The van der Waals surface area contributed by atoms with Crippen LogP contribution in [0.4, 0.5) is 5.82 Å². The topological polar surface area (TPSA) is 42.2 Å². The Morgan fingerprint density at radius 2 is 2.46 bits per heavy atom. The highest BCUT2D eigenvalue weighted by Gasteiger charge is 2.20. The summed E-state index contributed by atoms with van der Waals surface area (Å²) in [6.45, 7) is 4.07. The van der Waals surface area contributed by atoms with E-state index in [9.17, 15) is 0 Å². The number of aryl methyl sites for hydroxylation is 1. The second-order valence-corrected chi connectivity index (χ2v) is 3.64. The average molecular weight is 177 g/mol. The maximum atomic E-state index is 5.84. The number of aromatic nitrogens is 1. The molecule has 1 aromatic heterocycles. The van der Waals surface area contributed by atoms with Gasteiger partial charge in [0, 0.05) is 25.3 Å². The zero-order chi connectivity index (χ0) is 9.26. The number of hydrogen-bond acceptors (Lipinski definition) is 3. The van der Waals surface area contributed by atoms with Gasteiger partial charge in [0.2, 0.25) is 0 Å². The fourth-order valence-electron chi connectivity index (χ4n) is 1.79. The molecule has 2 N–H and O–H groups in total. The predicted molar refractivity (Wildman–Crippen MR) is 53.8 cm³/mol. The van der Waals surface area contributed by atoms with Crippen molar-refractivity contribution in [2.45, 2.75) is 19.4 Å². The lowest BCUT2D eigenvalue weighted by atomic mass is 10.3. The van der Waals surface area contributed by atoms with Crippen LogP contribution in [0.5, 0.6) is 0 Å². The molecule has 3 heteroatoms. The van der Waals surface area contributed by atoms with E-state index < -0.39 is 0 Å². The molecular weight excluding hydrogens is 162 g/mol. The van der Waals surface area contributed by atoms with Crippen molar-refractivity contribution in [1.82, 2.24) is 4.98 Å². The molecule has 0 spiro atoms. The van der Waals surface area contributed by atoms with E-state index in [1.54, 1.807) is 0 Å². The van der Waals surface area contributed by atoms with Crippen LogP contribution in [0, 0.1) is 6.92 Å². The van der Waals surface area contributed by atoms with Crippen LogP contribution in [0.15, 0.2) is 18.3 Å². The maximum Gasteiger partial charge on any atom is 0.131 e. The van der Waals surface area contributed by atoms with Crippen LogP contribution in [0.2, 0.25) is 0 Å². The van der Waals surface area contributed by atoms with Crippen molar-refractivity contribution in [3.05, 3.63) is 23.9 Å². The summed E-state index contributed by atoms with van der Waals surface area (Å²) in [6.07, 6.45) is 2.92. The van der Waals surface area contributed by atoms with E-state index in [4.69, 9.17) is 5.73 Å². The van der Waals surface area contributed by atoms with Gasteiger partial charge in [-0.15, -0.1) is 0 Å². The minimum absolute atomic E-state index is 0.321. The van der Waals surface area contributed by atoms with Crippen molar-refractivity contribution < 1.29 is 0 Å². The van der Waals surface area contributed by atoms with Gasteiger partial charge in [0.1, 0.15) is 5.82 Å². The van der Waals surface area contributed by atoms with Gasteiger partial charge in [0.15, 0.2) is 0 Å². The van der Waals surface area contributed by atoms with Crippen LogP contribution in [-0.4, -0.2) is 24.1 Å². The number of hydrogen-bond donors (Lipinski definition) is 1. The molecule has 3 nitrogen and oxygen atoms in total. The first-order valence-electron chi connectivity index (χ1n) is 4.69. The second-order valence-electron chi connectivity index (χ2n) is 3.64. The highest BCUT2D eigenvalue weighted by atomic mass is 15.2. The third kappa shape index (κ3) is 1.65. The Balaban J connectivity index is 2.21. The monoisotopic (exact) mass is 177 g/mol. The molecule has 0 radical (unpaired) electrons. The molecule has 13 heavy (non-hydrogen) atoms. The second kappa shape index (κ2) is 3.34. The molecule has 1 aliphatic rings. The molecule has 70 valence electrons. The number of nitrogens with zero attached hydrogens (tertiary/aromatic N) is 2. The van der Waals surface area contributed by atoms with Crippen molar-refractivity contribution in [2.24, 2.45) is 5.73 Å². The highest BCUT2D eigenvalue weighted by Crippen LogP contribution is 2.20. The van der Waals surface area contributed by atoms with Crippen LogP contribution < -0.4 is 10.6 Å². The quantitative estimate of drug-likeness (QED) is 0.693. The van der Waals surface area contributed by atoms with Gasteiger partial charge >= 0.3 is 0 Å². The van der Waals surface area contributed by atoms with Gasteiger partial charge in [-0.25, -0.2) is 4.98 Å². The third-order valence-electron chi connectivity index (χ3n) is 2.51. The summed E-state index contributed by atoms with van der Waals surface area (Å²) < 4.78 is 0. The fraction of sp³-hybridized carbons (Fsp3) is 0.500. The molecule has 0 amide bonds. The number of anilines is 1. The summed E-state index contributed by atoms with van der Waals surface area (Å²) >= 11 is 0. The summed E-state index contributed by atoms with van der Waals surface area (Å²) in [5.41, 5.74) is 7.08. The maximum absolute atomic E-state index is 5.84. The predicted octanol–water partition coefficient (Wildman–Crippen LogP) is 0.927. The molecule has 1 atom stereocenters. The molecule has 0 bridgehead atoms. The van der Waals surface area contributed by atoms with E-state index in [-0.39, 0.29) is 0 Å². The summed E-state index contributed by atoms with van der Waals surface area (Å²) in [7, 11) is 0. The molecule has 0 aliphatic carbocycles. The van der Waals surface area contributed by atoms with Crippen molar-refractivity contribution in [3.8, 4) is 0 Å². The van der Waals surface area contributed by atoms with E-state index in [0.29, 0.717) is 6.04 Å². The normalized spacial score (nSPS) is 22.3. The lowest BCUT2D eigenvalue weighted by molar-refractivity contribution is 0.751. The van der Waals surface area contributed by atoms with E-state index in [0.717, 1.165) is 25.3 Å². The first-order chi connectivity index (χ1) is 6.27. The zero-order valence-electron chi connectivity index (χ0n) is 7.90. The molecule has 2 rings (SSSR count). The minimum Gasteiger partial charge on any atom is -0.355 e. The average Bonchev–Trinajstić information content (AvgIpc) is 2.53. The SMILES string of the molecule is Cc1cccnc1N1CC[C@@H](N)C1. The largest absolute Gasteiger partial charge is 0.355 e. The van der Waals surface area contributed by atoms with Crippen LogP contribution in [0.25, 0.3) is 0 Å². The molecule has 1 saturated heterocycles. The summed E-state index contributed by atoms with van der Waals surface area (Å²) in [5, 5.41) is 0. The summed E-state index contributed by atoms with van der Waals surface area (Å²) in [6, 6.07) is 4.38. The fourth-order valence-corrected chi connectivity index (χ4v) is 1.79. The molecule has 1 fully saturated rings. The minimum atomic E-state index is 0.321. The molecular formula is C10H15N3. The third-order valence-corrected chi connectivity index (χ3v) is 2.51. The Kier molecular flexibility index (Phi) is 2.19. The Labute approximate surface area is 78.6 Å². The Hall–Kier alpha value is -1.09. The van der Waals surface area contributed by atoms with E-state index in [1.807, 2.05) is 12.3 Å². The first-order valence-corrected chi connectivity index (χ1v) is 4.69. The lowest BCUT2D eigenvalue weighted by Gasteiger charge is -2.18. The Bertz CT molecular complexity index is 298. The number of rotatable bonds is 1. The standard InChI is InChI=1S/C10H15N3/c1-8-3-2-5-12-10(8)13-6-4-9(11)7-13/h2-3,5,9H,4,6-7,11H2,1H3/t9-/m1/s1. The molecule has 1 aliphatic heterocycles. The van der Waals surface area contributed by atoms with Gasteiger partial charge in [0.05, 0.1) is 0 Å². The zero-order valence-corrected chi connectivity index (χ0v) is 7.90. The number of pyridine rings is 1. The summed E-state index contributed by atoms with van der Waals surface area (Å²) in [5.74, 6) is 1.09. The van der Waals surface area contributed by atoms with Crippen molar-refractivity contribution in [3.63, 3.8) is 0 Å². The van der Waals surface area contributed by atoms with Crippen LogP contribution in [0.1, 0.15) is 12.0 Å². The van der Waals surface area contributed by atoms with E-state index in [1.165, 1.54) is 5.56 Å². The van der Waals surface area contributed by atoms with Crippen molar-refractivity contribution >= 4 is 5.82 Å². The molecule has 0 unspecified atom stereocenters. The Morgan fingerprint density at radius 1 is 1.62 bits per heavy atom. The highest BCUT2D eigenvalue weighted by molar-refractivity contribution is 5.46. The molecule has 2 heterocycles. The van der Waals surface area contributed by atoms with Crippen LogP contribution in [0.3, 0.4) is 0 Å². The number of nitrogens with two attached hydrogens (primary N) is 1. The van der Waals surface area contributed by atoms with Gasteiger partial charge < -0.3 is 10.6 Å². The van der Waals surface area contributed by atoms with Crippen LogP contribution in [-0.2, 0) is 0 Å². The van der Waals surface area contributed by atoms with E-state index in [2.05, 4.69) is 22.9 Å².